The van der Waals surface area contributed by atoms with Gasteiger partial charge in [0.05, 0.1) is 12.7 Å². The van der Waals surface area contributed by atoms with Crippen molar-refractivity contribution in [2.45, 2.75) is 13.5 Å². The first-order valence-corrected chi connectivity index (χ1v) is 9.25. The minimum Gasteiger partial charge on any atom is -0.480 e. The van der Waals surface area contributed by atoms with E-state index in [0.717, 1.165) is 0 Å². The number of esters is 1. The standard InChI is InChI=1S/C23H19N3O5/c1-14-7-8-15(23(30)31-2)10-19(14)25-22(29)16(11-24)9-17-12-26(13-21(27)28)20-6-4-3-5-18(17)20/h3-10,12H,13H2,1-2H3,(H,25,29)(H,27,28). The van der Waals surface area contributed by atoms with E-state index in [-0.39, 0.29) is 17.7 Å². The number of carbonyl (C=O) groups is 3. The third kappa shape index (κ3) is 4.62. The van der Waals surface area contributed by atoms with E-state index in [1.165, 1.54) is 19.3 Å². The molecule has 0 saturated heterocycles. The topological polar surface area (TPSA) is 121 Å². The number of carboxylic acids is 1. The van der Waals surface area contributed by atoms with Crippen LogP contribution in [0.2, 0.25) is 0 Å². The summed E-state index contributed by atoms with van der Waals surface area (Å²) in [5.41, 5.74) is 2.40. The van der Waals surface area contributed by atoms with Gasteiger partial charge in [-0.25, -0.2) is 4.79 Å². The fourth-order valence-corrected chi connectivity index (χ4v) is 3.16. The Balaban J connectivity index is 1.96. The van der Waals surface area contributed by atoms with Crippen LogP contribution in [0.25, 0.3) is 17.0 Å². The lowest BCUT2D eigenvalue weighted by Gasteiger charge is -2.09. The van der Waals surface area contributed by atoms with E-state index >= 15 is 0 Å². The molecule has 31 heavy (non-hydrogen) atoms. The molecule has 0 aliphatic heterocycles. The molecule has 2 N–H and O–H groups in total. The minimum atomic E-state index is -1.00. The van der Waals surface area contributed by atoms with E-state index in [9.17, 15) is 19.6 Å². The van der Waals surface area contributed by atoms with E-state index < -0.39 is 17.8 Å². The molecule has 8 nitrogen and oxygen atoms in total. The maximum atomic E-state index is 12.8. The summed E-state index contributed by atoms with van der Waals surface area (Å²) in [4.78, 5) is 35.7. The molecule has 0 bridgehead atoms. The highest BCUT2D eigenvalue weighted by Gasteiger charge is 2.15. The number of anilines is 1. The minimum absolute atomic E-state index is 0.166. The number of fused-ring (bicyclic) bond motifs is 1. The van der Waals surface area contributed by atoms with Crippen molar-refractivity contribution in [1.82, 2.24) is 4.57 Å². The van der Waals surface area contributed by atoms with Crippen molar-refractivity contribution in [3.05, 3.63) is 70.9 Å². The number of rotatable bonds is 6. The van der Waals surface area contributed by atoms with Gasteiger partial charge in [-0.3, -0.25) is 9.59 Å². The molecule has 1 heterocycles. The van der Waals surface area contributed by atoms with Crippen LogP contribution in [0.1, 0.15) is 21.5 Å². The summed E-state index contributed by atoms with van der Waals surface area (Å²) in [6.07, 6.45) is 3.00. The zero-order valence-electron chi connectivity index (χ0n) is 16.9. The molecule has 0 saturated carbocycles. The first-order chi connectivity index (χ1) is 14.8. The van der Waals surface area contributed by atoms with E-state index in [2.05, 4.69) is 5.32 Å². The van der Waals surface area contributed by atoms with Crippen molar-refractivity contribution >= 4 is 40.5 Å². The van der Waals surface area contributed by atoms with Gasteiger partial charge in [0, 0.05) is 28.4 Å². The molecule has 0 atom stereocenters. The van der Waals surface area contributed by atoms with Gasteiger partial charge in [-0.15, -0.1) is 0 Å². The zero-order valence-corrected chi connectivity index (χ0v) is 16.9. The summed E-state index contributed by atoms with van der Waals surface area (Å²) in [5.74, 6) is -2.20. The lowest BCUT2D eigenvalue weighted by Crippen LogP contribution is -2.15. The van der Waals surface area contributed by atoms with Crippen molar-refractivity contribution in [3.8, 4) is 6.07 Å². The number of amides is 1. The number of nitriles is 1. The van der Waals surface area contributed by atoms with Gasteiger partial charge in [0.2, 0.25) is 0 Å². The summed E-state index contributed by atoms with van der Waals surface area (Å²) < 4.78 is 6.24. The summed E-state index contributed by atoms with van der Waals surface area (Å²) in [5, 5.41) is 22.1. The van der Waals surface area contributed by atoms with Gasteiger partial charge in [0.25, 0.3) is 5.91 Å². The highest BCUT2D eigenvalue weighted by atomic mass is 16.5. The van der Waals surface area contributed by atoms with Gasteiger partial charge in [-0.1, -0.05) is 24.3 Å². The number of aromatic nitrogens is 1. The molecule has 0 unspecified atom stereocenters. The van der Waals surface area contributed by atoms with Gasteiger partial charge in [-0.2, -0.15) is 5.26 Å². The molecular formula is C23H19N3O5. The summed E-state index contributed by atoms with van der Waals surface area (Å²) >= 11 is 0. The monoisotopic (exact) mass is 417 g/mol. The van der Waals surface area contributed by atoms with Crippen molar-refractivity contribution in [3.63, 3.8) is 0 Å². The number of aryl methyl sites for hydroxylation is 1. The van der Waals surface area contributed by atoms with Gasteiger partial charge >= 0.3 is 11.9 Å². The third-order valence-corrected chi connectivity index (χ3v) is 4.70. The predicted molar refractivity (Wildman–Crippen MR) is 114 cm³/mol. The Kier molecular flexibility index (Phi) is 6.17. The van der Waals surface area contributed by atoms with Crippen molar-refractivity contribution in [2.75, 3.05) is 12.4 Å². The molecule has 1 aromatic heterocycles. The van der Waals surface area contributed by atoms with Crippen LogP contribution >= 0.6 is 0 Å². The highest BCUT2D eigenvalue weighted by Crippen LogP contribution is 2.24. The first kappa shape index (κ1) is 21.3. The Morgan fingerprint density at radius 1 is 1.23 bits per heavy atom. The number of benzene rings is 2. The largest absolute Gasteiger partial charge is 0.480 e. The van der Waals surface area contributed by atoms with Crippen LogP contribution < -0.4 is 5.32 Å². The number of para-hydroxylation sites is 1. The second-order valence-electron chi connectivity index (χ2n) is 6.77. The Hall–Kier alpha value is -4.38. The number of carbonyl (C=O) groups excluding carboxylic acids is 2. The molecule has 3 aromatic rings. The summed E-state index contributed by atoms with van der Waals surface area (Å²) in [6.45, 7) is 1.51. The zero-order chi connectivity index (χ0) is 22.5. The van der Waals surface area contributed by atoms with Crippen molar-refractivity contribution < 1.29 is 24.2 Å². The molecule has 2 aromatic carbocycles. The molecule has 0 fully saturated rings. The van der Waals surface area contributed by atoms with Gasteiger partial charge in [0.15, 0.2) is 0 Å². The van der Waals surface area contributed by atoms with Gasteiger partial charge < -0.3 is 19.7 Å². The summed E-state index contributed by atoms with van der Waals surface area (Å²) in [6, 6.07) is 13.7. The number of hydrogen-bond acceptors (Lipinski definition) is 5. The van der Waals surface area contributed by atoms with Crippen LogP contribution in [0.5, 0.6) is 0 Å². The smallest absolute Gasteiger partial charge is 0.337 e. The van der Waals surface area contributed by atoms with Crippen LogP contribution in [0.4, 0.5) is 5.69 Å². The fourth-order valence-electron chi connectivity index (χ4n) is 3.16. The van der Waals surface area contributed by atoms with E-state index in [0.29, 0.717) is 27.7 Å². The normalized spacial score (nSPS) is 11.1. The van der Waals surface area contributed by atoms with Crippen LogP contribution in [0.15, 0.2) is 54.2 Å². The Morgan fingerprint density at radius 2 is 1.97 bits per heavy atom. The van der Waals surface area contributed by atoms with Gasteiger partial charge in [-0.05, 0) is 36.8 Å². The Morgan fingerprint density at radius 3 is 2.65 bits per heavy atom. The SMILES string of the molecule is COC(=O)c1ccc(C)c(NC(=O)C(C#N)=Cc2cn(CC(=O)O)c3ccccc23)c1. The van der Waals surface area contributed by atoms with Crippen LogP contribution in [0, 0.1) is 18.3 Å². The molecule has 3 rings (SSSR count). The van der Waals surface area contributed by atoms with Crippen LogP contribution in [-0.2, 0) is 20.9 Å². The number of nitrogens with one attached hydrogen (secondary N) is 1. The molecule has 0 aliphatic rings. The van der Waals surface area contributed by atoms with Crippen molar-refractivity contribution in [2.24, 2.45) is 0 Å². The number of nitrogens with zero attached hydrogens (tertiary/aromatic N) is 2. The lowest BCUT2D eigenvalue weighted by molar-refractivity contribution is -0.137. The number of ether oxygens (including phenoxy) is 1. The summed E-state index contributed by atoms with van der Waals surface area (Å²) in [7, 11) is 1.26. The molecular weight excluding hydrogens is 398 g/mol. The Labute approximate surface area is 178 Å². The van der Waals surface area contributed by atoms with Crippen molar-refractivity contribution in [1.29, 1.82) is 5.26 Å². The van der Waals surface area contributed by atoms with E-state index in [1.807, 2.05) is 6.07 Å². The van der Waals surface area contributed by atoms with E-state index in [1.54, 1.807) is 54.1 Å². The second-order valence-corrected chi connectivity index (χ2v) is 6.77. The lowest BCUT2D eigenvalue weighted by atomic mass is 10.1. The fraction of sp³-hybridized carbons (Fsp3) is 0.130. The van der Waals surface area contributed by atoms with Gasteiger partial charge in [0.1, 0.15) is 18.2 Å². The average Bonchev–Trinajstić information content (AvgIpc) is 3.09. The molecule has 0 spiro atoms. The molecule has 0 aliphatic carbocycles. The predicted octanol–water partition coefficient (Wildman–Crippen LogP) is 3.37. The third-order valence-electron chi connectivity index (χ3n) is 4.70. The average molecular weight is 417 g/mol. The van der Waals surface area contributed by atoms with Crippen LogP contribution in [-0.4, -0.2) is 34.6 Å². The maximum absolute atomic E-state index is 12.8. The van der Waals surface area contributed by atoms with Crippen LogP contribution in [0.3, 0.4) is 0 Å². The molecule has 0 radical (unpaired) electrons. The molecule has 1 amide bonds. The first-order valence-electron chi connectivity index (χ1n) is 9.25. The number of methoxy groups -OCH3 is 1. The highest BCUT2D eigenvalue weighted by molar-refractivity contribution is 6.11. The maximum Gasteiger partial charge on any atom is 0.337 e. The number of aliphatic carboxylic acids is 1. The molecule has 8 heteroatoms. The Bertz CT molecular complexity index is 1260. The quantitative estimate of drug-likeness (QED) is 0.360. The van der Waals surface area contributed by atoms with E-state index in [4.69, 9.17) is 9.84 Å². The number of hydrogen-bond donors (Lipinski definition) is 2. The number of carboxylic acid groups (broad SMARTS) is 1. The second kappa shape index (κ2) is 8.97. The molecule has 156 valence electrons.